The van der Waals surface area contributed by atoms with Crippen LogP contribution in [0.25, 0.3) is 0 Å². The molecule has 0 heterocycles. The van der Waals surface area contributed by atoms with Crippen LogP contribution in [0, 0.1) is 5.82 Å². The number of hydrogen-bond donors (Lipinski definition) is 3. The molecule has 1 atom stereocenters. The molecule has 0 aliphatic carbocycles. The Balaban J connectivity index is 2.65. The highest BCUT2D eigenvalue weighted by atomic mass is 35.5. The molecule has 1 aromatic carbocycles. The van der Waals surface area contributed by atoms with Gasteiger partial charge in [-0.05, 0) is 18.2 Å². The Morgan fingerprint density at radius 2 is 2.33 bits per heavy atom. The Labute approximate surface area is 90.8 Å². The average molecular weight is 233 g/mol. The number of halogens is 2. The Hall–Kier alpha value is -1.33. The standard InChI is InChI=1S/C9H10ClFN2O2/c10-6-2-1-5(11)3-8(6)13-4-7(12)9(14)15/h1-3,7,13H,4,12H2,(H,14,15). The maximum Gasteiger partial charge on any atom is 0.322 e. The number of aliphatic carboxylic acids is 1. The molecule has 1 aromatic rings. The van der Waals surface area contributed by atoms with Crippen molar-refractivity contribution in [3.63, 3.8) is 0 Å². The van der Waals surface area contributed by atoms with Gasteiger partial charge >= 0.3 is 5.97 Å². The zero-order valence-electron chi connectivity index (χ0n) is 7.71. The predicted molar refractivity (Wildman–Crippen MR) is 55.5 cm³/mol. The van der Waals surface area contributed by atoms with E-state index >= 15 is 0 Å². The summed E-state index contributed by atoms with van der Waals surface area (Å²) in [5.74, 6) is -1.58. The average Bonchev–Trinajstić information content (AvgIpc) is 2.18. The minimum absolute atomic E-state index is 0.0154. The maximum atomic E-state index is 12.8. The monoisotopic (exact) mass is 232 g/mol. The van der Waals surface area contributed by atoms with E-state index in [2.05, 4.69) is 5.32 Å². The number of carboxylic acids is 1. The Morgan fingerprint density at radius 3 is 2.93 bits per heavy atom. The molecule has 0 aliphatic heterocycles. The van der Waals surface area contributed by atoms with Gasteiger partial charge in [-0.1, -0.05) is 11.6 Å². The molecule has 4 nitrogen and oxygen atoms in total. The van der Waals surface area contributed by atoms with E-state index in [0.29, 0.717) is 10.7 Å². The molecule has 0 spiro atoms. The molecule has 0 aromatic heterocycles. The molecule has 82 valence electrons. The molecule has 4 N–H and O–H groups in total. The summed E-state index contributed by atoms with van der Waals surface area (Å²) in [4.78, 5) is 10.4. The summed E-state index contributed by atoms with van der Waals surface area (Å²) in [6.07, 6.45) is 0. The first-order valence-electron chi connectivity index (χ1n) is 4.18. The number of nitrogens with two attached hydrogens (primary N) is 1. The zero-order valence-corrected chi connectivity index (χ0v) is 8.46. The van der Waals surface area contributed by atoms with E-state index in [1.165, 1.54) is 18.2 Å². The second-order valence-corrected chi connectivity index (χ2v) is 3.36. The van der Waals surface area contributed by atoms with Crippen LogP contribution in [-0.2, 0) is 4.79 Å². The smallest absolute Gasteiger partial charge is 0.322 e. The van der Waals surface area contributed by atoms with Gasteiger partial charge in [-0.2, -0.15) is 0 Å². The second-order valence-electron chi connectivity index (χ2n) is 2.95. The summed E-state index contributed by atoms with van der Waals surface area (Å²) in [6, 6.07) is 2.72. The van der Waals surface area contributed by atoms with E-state index in [1.54, 1.807) is 0 Å². The van der Waals surface area contributed by atoms with Crippen LogP contribution >= 0.6 is 11.6 Å². The molecule has 0 radical (unpaired) electrons. The Morgan fingerprint density at radius 1 is 1.67 bits per heavy atom. The van der Waals surface area contributed by atoms with Crippen molar-refractivity contribution in [1.82, 2.24) is 0 Å². The summed E-state index contributed by atoms with van der Waals surface area (Å²) in [5, 5.41) is 11.5. The summed E-state index contributed by atoms with van der Waals surface area (Å²) in [6.45, 7) is -0.0154. The van der Waals surface area contributed by atoms with Crippen LogP contribution in [-0.4, -0.2) is 23.7 Å². The third-order valence-electron chi connectivity index (χ3n) is 1.76. The molecule has 1 unspecified atom stereocenters. The number of nitrogens with one attached hydrogen (secondary N) is 1. The van der Waals surface area contributed by atoms with Gasteiger partial charge in [0.2, 0.25) is 0 Å². The number of rotatable bonds is 4. The van der Waals surface area contributed by atoms with Crippen molar-refractivity contribution in [3.8, 4) is 0 Å². The summed E-state index contributed by atoms with van der Waals surface area (Å²) < 4.78 is 12.8. The summed E-state index contributed by atoms with van der Waals surface area (Å²) in [7, 11) is 0. The van der Waals surface area contributed by atoms with E-state index in [4.69, 9.17) is 22.4 Å². The molecule has 0 bridgehead atoms. The molecule has 0 amide bonds. The summed E-state index contributed by atoms with van der Waals surface area (Å²) >= 11 is 5.74. The van der Waals surface area contributed by atoms with Crippen molar-refractivity contribution in [1.29, 1.82) is 0 Å². The lowest BCUT2D eigenvalue weighted by Crippen LogP contribution is -2.37. The number of hydrogen-bond acceptors (Lipinski definition) is 3. The fourth-order valence-corrected chi connectivity index (χ4v) is 1.12. The van der Waals surface area contributed by atoms with Gasteiger partial charge in [0, 0.05) is 6.54 Å². The lowest BCUT2D eigenvalue weighted by molar-refractivity contribution is -0.138. The second kappa shape index (κ2) is 4.95. The van der Waals surface area contributed by atoms with Gasteiger partial charge in [0.1, 0.15) is 11.9 Å². The van der Waals surface area contributed by atoms with Crippen molar-refractivity contribution in [2.24, 2.45) is 5.73 Å². The zero-order chi connectivity index (χ0) is 11.4. The molecule has 0 fully saturated rings. The highest BCUT2D eigenvalue weighted by Gasteiger charge is 2.11. The van der Waals surface area contributed by atoms with Crippen LogP contribution in [0.3, 0.4) is 0 Å². The van der Waals surface area contributed by atoms with Gasteiger partial charge in [0.05, 0.1) is 10.7 Å². The minimum Gasteiger partial charge on any atom is -0.480 e. The lowest BCUT2D eigenvalue weighted by Gasteiger charge is -2.10. The predicted octanol–water partition coefficient (Wildman–Crippen LogP) is 1.30. The van der Waals surface area contributed by atoms with Crippen molar-refractivity contribution < 1.29 is 14.3 Å². The first-order valence-corrected chi connectivity index (χ1v) is 4.56. The van der Waals surface area contributed by atoms with Crippen molar-refractivity contribution in [2.45, 2.75) is 6.04 Å². The molecule has 0 saturated carbocycles. The highest BCUT2D eigenvalue weighted by Crippen LogP contribution is 2.21. The first kappa shape index (κ1) is 11.7. The van der Waals surface area contributed by atoms with Crippen LogP contribution in [0.5, 0.6) is 0 Å². The van der Waals surface area contributed by atoms with Gasteiger partial charge < -0.3 is 16.2 Å². The Kier molecular flexibility index (Phi) is 3.88. The Bertz CT molecular complexity index is 373. The summed E-state index contributed by atoms with van der Waals surface area (Å²) in [5.41, 5.74) is 5.58. The van der Waals surface area contributed by atoms with E-state index in [0.717, 1.165) is 0 Å². The molecule has 6 heteroatoms. The molecule has 15 heavy (non-hydrogen) atoms. The van der Waals surface area contributed by atoms with Gasteiger partial charge in [0.15, 0.2) is 0 Å². The third-order valence-corrected chi connectivity index (χ3v) is 2.09. The van der Waals surface area contributed by atoms with Gasteiger partial charge in [-0.15, -0.1) is 0 Å². The topological polar surface area (TPSA) is 75.3 Å². The van der Waals surface area contributed by atoms with Crippen LogP contribution < -0.4 is 11.1 Å². The highest BCUT2D eigenvalue weighted by molar-refractivity contribution is 6.33. The van der Waals surface area contributed by atoms with E-state index < -0.39 is 17.8 Å². The third kappa shape index (κ3) is 3.38. The van der Waals surface area contributed by atoms with Crippen molar-refractivity contribution in [3.05, 3.63) is 29.0 Å². The quantitative estimate of drug-likeness (QED) is 0.732. The van der Waals surface area contributed by atoms with Crippen LogP contribution in [0.1, 0.15) is 0 Å². The number of anilines is 1. The molecule has 0 saturated heterocycles. The molecule has 0 aliphatic rings. The molecular formula is C9H10ClFN2O2. The van der Waals surface area contributed by atoms with Gasteiger partial charge in [-0.25, -0.2) is 4.39 Å². The van der Waals surface area contributed by atoms with Crippen LogP contribution in [0.15, 0.2) is 18.2 Å². The molecule has 1 rings (SSSR count). The fourth-order valence-electron chi connectivity index (χ4n) is 0.940. The van der Waals surface area contributed by atoms with Gasteiger partial charge in [0.25, 0.3) is 0 Å². The largest absolute Gasteiger partial charge is 0.480 e. The van der Waals surface area contributed by atoms with Crippen LogP contribution in [0.4, 0.5) is 10.1 Å². The van der Waals surface area contributed by atoms with E-state index in [9.17, 15) is 9.18 Å². The van der Waals surface area contributed by atoms with Gasteiger partial charge in [-0.3, -0.25) is 4.79 Å². The first-order chi connectivity index (χ1) is 7.00. The van der Waals surface area contributed by atoms with E-state index in [-0.39, 0.29) is 6.54 Å². The number of carboxylic acid groups (broad SMARTS) is 1. The van der Waals surface area contributed by atoms with E-state index in [1.807, 2.05) is 0 Å². The number of benzene rings is 1. The van der Waals surface area contributed by atoms with Crippen molar-refractivity contribution in [2.75, 3.05) is 11.9 Å². The normalized spacial score (nSPS) is 12.2. The fraction of sp³-hybridized carbons (Fsp3) is 0.222. The minimum atomic E-state index is -1.13. The number of carbonyl (C=O) groups is 1. The van der Waals surface area contributed by atoms with Crippen molar-refractivity contribution >= 4 is 23.3 Å². The maximum absolute atomic E-state index is 12.8. The molecular weight excluding hydrogens is 223 g/mol. The lowest BCUT2D eigenvalue weighted by atomic mass is 10.2. The SMILES string of the molecule is NC(CNc1cc(F)ccc1Cl)C(=O)O. The van der Waals surface area contributed by atoms with Crippen LogP contribution in [0.2, 0.25) is 5.02 Å².